The number of nitrogens with one attached hydrogen (secondary N) is 2. The van der Waals surface area contributed by atoms with Crippen molar-refractivity contribution in [3.05, 3.63) is 75.6 Å². The lowest BCUT2D eigenvalue weighted by atomic mass is 9.92. The fourth-order valence-electron chi connectivity index (χ4n) is 2.62. The molecule has 27 heavy (non-hydrogen) atoms. The van der Waals surface area contributed by atoms with Crippen LogP contribution < -0.4 is 10.7 Å². The molecule has 0 bridgehead atoms. The molecule has 2 aromatic rings. The van der Waals surface area contributed by atoms with E-state index in [9.17, 15) is 28.9 Å². The van der Waals surface area contributed by atoms with Crippen molar-refractivity contribution in [2.45, 2.75) is 12.5 Å². The molecule has 1 aliphatic rings. The SMILES string of the molecule is C[C@]1(c2ccc([N+](=O)[O-])cc2)NC(=O)N(NC(=O)c2ccc(F)cc2)C1=O. The third kappa shape index (κ3) is 3.19. The highest BCUT2D eigenvalue weighted by atomic mass is 19.1. The molecule has 0 spiro atoms. The van der Waals surface area contributed by atoms with Crippen molar-refractivity contribution < 1.29 is 23.7 Å². The lowest BCUT2D eigenvalue weighted by Gasteiger charge is -2.22. The predicted octanol–water partition coefficient (Wildman–Crippen LogP) is 1.85. The van der Waals surface area contributed by atoms with Crippen molar-refractivity contribution >= 4 is 23.5 Å². The number of rotatable bonds is 4. The highest BCUT2D eigenvalue weighted by Crippen LogP contribution is 2.29. The molecule has 1 aliphatic heterocycles. The molecule has 4 amide bonds. The van der Waals surface area contributed by atoms with Crippen molar-refractivity contribution in [3.8, 4) is 0 Å². The van der Waals surface area contributed by atoms with Gasteiger partial charge in [0.1, 0.15) is 11.4 Å². The second kappa shape index (κ2) is 6.48. The number of amides is 4. The predicted molar refractivity (Wildman–Crippen MR) is 89.7 cm³/mol. The molecule has 3 rings (SSSR count). The van der Waals surface area contributed by atoms with E-state index in [4.69, 9.17) is 0 Å². The number of urea groups is 1. The number of nitrogens with zero attached hydrogens (tertiary/aromatic N) is 2. The number of halogens is 1. The lowest BCUT2D eigenvalue weighted by molar-refractivity contribution is -0.384. The normalized spacial score (nSPS) is 19.0. The average molecular weight is 372 g/mol. The molecule has 1 heterocycles. The van der Waals surface area contributed by atoms with Gasteiger partial charge in [0.15, 0.2) is 0 Å². The molecule has 1 fully saturated rings. The van der Waals surface area contributed by atoms with Gasteiger partial charge in [0.25, 0.3) is 17.5 Å². The molecule has 1 atom stereocenters. The van der Waals surface area contributed by atoms with Crippen LogP contribution in [-0.4, -0.2) is 27.8 Å². The maximum atomic E-state index is 12.9. The van der Waals surface area contributed by atoms with E-state index in [2.05, 4.69) is 10.7 Å². The van der Waals surface area contributed by atoms with Crippen LogP contribution in [0, 0.1) is 15.9 Å². The average Bonchev–Trinajstić information content (AvgIpc) is 2.86. The minimum atomic E-state index is -1.51. The molecule has 2 N–H and O–H groups in total. The summed E-state index contributed by atoms with van der Waals surface area (Å²) in [4.78, 5) is 47.2. The number of nitro benzene ring substituents is 1. The summed E-state index contributed by atoms with van der Waals surface area (Å²) in [5, 5.41) is 13.7. The van der Waals surface area contributed by atoms with Gasteiger partial charge in [0.05, 0.1) is 4.92 Å². The van der Waals surface area contributed by atoms with Gasteiger partial charge in [-0.3, -0.25) is 25.1 Å². The number of hydrogen-bond acceptors (Lipinski definition) is 5. The zero-order chi connectivity index (χ0) is 19.8. The molecule has 0 aliphatic carbocycles. The van der Waals surface area contributed by atoms with Gasteiger partial charge in [-0.2, -0.15) is 5.01 Å². The summed E-state index contributed by atoms with van der Waals surface area (Å²) in [5.41, 5.74) is 0.860. The van der Waals surface area contributed by atoms with E-state index in [1.54, 1.807) is 0 Å². The number of non-ortho nitro benzene ring substituents is 1. The molecule has 0 radical (unpaired) electrons. The van der Waals surface area contributed by atoms with Crippen molar-refractivity contribution in [1.29, 1.82) is 0 Å². The molecule has 0 unspecified atom stereocenters. The molecular formula is C17H13FN4O5. The second-order valence-electron chi connectivity index (χ2n) is 5.95. The van der Waals surface area contributed by atoms with Crippen LogP contribution in [0.2, 0.25) is 0 Å². The van der Waals surface area contributed by atoms with E-state index in [1.165, 1.54) is 43.3 Å². The minimum absolute atomic E-state index is 0.0564. The first-order valence-corrected chi connectivity index (χ1v) is 7.70. The number of carbonyl (C=O) groups is 3. The molecule has 1 saturated heterocycles. The smallest absolute Gasteiger partial charge is 0.318 e. The molecule has 10 heteroatoms. The Bertz CT molecular complexity index is 945. The van der Waals surface area contributed by atoms with E-state index in [1.807, 2.05) is 0 Å². The number of benzene rings is 2. The molecule has 2 aromatic carbocycles. The van der Waals surface area contributed by atoms with Crippen LogP contribution in [0.25, 0.3) is 0 Å². The Balaban J connectivity index is 1.82. The largest absolute Gasteiger partial charge is 0.344 e. The Morgan fingerprint density at radius 2 is 1.74 bits per heavy atom. The monoisotopic (exact) mass is 372 g/mol. The van der Waals surface area contributed by atoms with Crippen LogP contribution in [0.4, 0.5) is 14.9 Å². The first-order chi connectivity index (χ1) is 12.7. The van der Waals surface area contributed by atoms with Crippen LogP contribution in [0.5, 0.6) is 0 Å². The Morgan fingerprint density at radius 3 is 2.30 bits per heavy atom. The van der Waals surface area contributed by atoms with Gasteiger partial charge in [0, 0.05) is 17.7 Å². The molecule has 0 saturated carbocycles. The third-order valence-electron chi connectivity index (χ3n) is 4.17. The van der Waals surface area contributed by atoms with Gasteiger partial charge in [0.2, 0.25) is 0 Å². The van der Waals surface area contributed by atoms with E-state index >= 15 is 0 Å². The highest BCUT2D eigenvalue weighted by Gasteiger charge is 2.50. The maximum Gasteiger partial charge on any atom is 0.344 e. The highest BCUT2D eigenvalue weighted by molar-refractivity contribution is 6.09. The van der Waals surface area contributed by atoms with Crippen molar-refractivity contribution in [3.63, 3.8) is 0 Å². The van der Waals surface area contributed by atoms with Crippen LogP contribution in [0.3, 0.4) is 0 Å². The summed E-state index contributed by atoms with van der Waals surface area (Å²) in [6.45, 7) is 1.42. The van der Waals surface area contributed by atoms with Crippen LogP contribution in [-0.2, 0) is 10.3 Å². The number of nitro groups is 1. The van der Waals surface area contributed by atoms with Crippen molar-refractivity contribution in [2.24, 2.45) is 0 Å². The molecule has 0 aromatic heterocycles. The van der Waals surface area contributed by atoms with E-state index < -0.39 is 34.1 Å². The molecule has 138 valence electrons. The number of hydrazine groups is 1. The van der Waals surface area contributed by atoms with Crippen LogP contribution in [0.15, 0.2) is 48.5 Å². The van der Waals surface area contributed by atoms with Gasteiger partial charge in [-0.1, -0.05) is 0 Å². The third-order valence-corrected chi connectivity index (χ3v) is 4.17. The van der Waals surface area contributed by atoms with Crippen LogP contribution >= 0.6 is 0 Å². The summed E-state index contributed by atoms with van der Waals surface area (Å²) in [5.74, 6) is -2.07. The summed E-state index contributed by atoms with van der Waals surface area (Å²) >= 11 is 0. The molecular weight excluding hydrogens is 359 g/mol. The van der Waals surface area contributed by atoms with E-state index in [0.29, 0.717) is 10.6 Å². The Hall–Kier alpha value is -3.82. The maximum absolute atomic E-state index is 12.9. The molecule has 9 nitrogen and oxygen atoms in total. The fraction of sp³-hybridized carbons (Fsp3) is 0.118. The number of imide groups is 1. The van der Waals surface area contributed by atoms with E-state index in [-0.39, 0.29) is 11.3 Å². The quantitative estimate of drug-likeness (QED) is 0.482. The summed E-state index contributed by atoms with van der Waals surface area (Å²) in [6, 6.07) is 8.81. The van der Waals surface area contributed by atoms with Gasteiger partial charge in [-0.25, -0.2) is 9.18 Å². The van der Waals surface area contributed by atoms with Crippen molar-refractivity contribution in [2.75, 3.05) is 0 Å². The van der Waals surface area contributed by atoms with Gasteiger partial charge in [-0.15, -0.1) is 0 Å². The summed E-state index contributed by atoms with van der Waals surface area (Å²) in [6.07, 6.45) is 0. The standard InChI is InChI=1S/C17H13FN4O5/c1-17(11-4-8-13(9-5-11)22(26)27)15(24)21(16(25)19-17)20-14(23)10-2-6-12(18)7-3-10/h2-9H,1H3,(H,19,25)(H,20,23)/t17-/m1/s1. The topological polar surface area (TPSA) is 122 Å². The lowest BCUT2D eigenvalue weighted by Crippen LogP contribution is -2.47. The summed E-state index contributed by atoms with van der Waals surface area (Å²) in [7, 11) is 0. The zero-order valence-corrected chi connectivity index (χ0v) is 13.9. The van der Waals surface area contributed by atoms with Gasteiger partial charge < -0.3 is 5.32 Å². The number of hydrogen-bond donors (Lipinski definition) is 2. The Labute approximate surface area is 151 Å². The fourth-order valence-corrected chi connectivity index (χ4v) is 2.62. The first kappa shape index (κ1) is 18.0. The van der Waals surface area contributed by atoms with Crippen LogP contribution in [0.1, 0.15) is 22.8 Å². The van der Waals surface area contributed by atoms with Gasteiger partial charge in [-0.05, 0) is 48.9 Å². The first-order valence-electron chi connectivity index (χ1n) is 7.70. The minimum Gasteiger partial charge on any atom is -0.318 e. The van der Waals surface area contributed by atoms with Crippen molar-refractivity contribution in [1.82, 2.24) is 15.8 Å². The van der Waals surface area contributed by atoms with E-state index in [0.717, 1.165) is 12.1 Å². The number of carbonyl (C=O) groups excluding carboxylic acids is 3. The van der Waals surface area contributed by atoms with Gasteiger partial charge >= 0.3 is 6.03 Å². The second-order valence-corrected chi connectivity index (χ2v) is 5.95. The Morgan fingerprint density at radius 1 is 1.15 bits per heavy atom. The summed E-state index contributed by atoms with van der Waals surface area (Å²) < 4.78 is 12.9. The zero-order valence-electron chi connectivity index (χ0n) is 13.9. The Kier molecular flexibility index (Phi) is 4.32.